The molecule has 6 heteroatoms. The Hall–Kier alpha value is -1.43. The number of hydrogen-bond acceptors (Lipinski definition) is 3. The Morgan fingerprint density at radius 3 is 2.75 bits per heavy atom. The van der Waals surface area contributed by atoms with Gasteiger partial charge in [-0.2, -0.15) is 0 Å². The van der Waals surface area contributed by atoms with Crippen molar-refractivity contribution < 1.29 is 9.18 Å². The molecule has 3 rings (SSSR count). The Morgan fingerprint density at radius 1 is 1.38 bits per heavy atom. The minimum Gasteiger partial charge on any atom is -0.334 e. The smallest absolute Gasteiger partial charge is 0.264 e. The van der Waals surface area contributed by atoms with Gasteiger partial charge < -0.3 is 10.2 Å². The Labute approximate surface area is 152 Å². The molecule has 0 aliphatic carbocycles. The summed E-state index contributed by atoms with van der Waals surface area (Å²) in [6.07, 6.45) is 2.12. The van der Waals surface area contributed by atoms with Crippen LogP contribution in [0.3, 0.4) is 0 Å². The number of amides is 1. The summed E-state index contributed by atoms with van der Waals surface area (Å²) >= 11 is 1.50. The number of nitrogens with zero attached hydrogens (tertiary/aromatic N) is 1. The van der Waals surface area contributed by atoms with Crippen LogP contribution in [0.15, 0.2) is 30.3 Å². The number of thiophene rings is 1. The summed E-state index contributed by atoms with van der Waals surface area (Å²) in [4.78, 5) is 16.6. The molecular formula is C18H22ClFN2OS. The van der Waals surface area contributed by atoms with Crippen LogP contribution in [0.25, 0.3) is 10.4 Å². The summed E-state index contributed by atoms with van der Waals surface area (Å²) in [7, 11) is 1.92. The number of benzene rings is 1. The van der Waals surface area contributed by atoms with Gasteiger partial charge >= 0.3 is 0 Å². The largest absolute Gasteiger partial charge is 0.334 e. The Morgan fingerprint density at radius 2 is 2.08 bits per heavy atom. The number of hydrogen-bond donors (Lipinski definition) is 1. The van der Waals surface area contributed by atoms with Gasteiger partial charge in [0.2, 0.25) is 0 Å². The summed E-state index contributed by atoms with van der Waals surface area (Å²) in [5.41, 5.74) is 2.02. The summed E-state index contributed by atoms with van der Waals surface area (Å²) in [6.45, 7) is 3.66. The van der Waals surface area contributed by atoms with E-state index in [-0.39, 0.29) is 30.2 Å². The van der Waals surface area contributed by atoms with E-state index in [1.165, 1.54) is 23.5 Å². The first-order chi connectivity index (χ1) is 11.1. The van der Waals surface area contributed by atoms with Crippen LogP contribution in [0.4, 0.5) is 4.39 Å². The van der Waals surface area contributed by atoms with E-state index in [0.29, 0.717) is 0 Å². The molecule has 1 unspecified atom stereocenters. The average molecular weight is 369 g/mol. The van der Waals surface area contributed by atoms with E-state index in [2.05, 4.69) is 5.32 Å². The van der Waals surface area contributed by atoms with Gasteiger partial charge in [0, 0.05) is 24.0 Å². The number of aryl methyl sites for hydroxylation is 1. The zero-order valence-electron chi connectivity index (χ0n) is 13.8. The Bertz CT molecular complexity index is 702. The number of halogens is 2. The van der Waals surface area contributed by atoms with Crippen LogP contribution in [0, 0.1) is 12.7 Å². The molecule has 1 aromatic heterocycles. The average Bonchev–Trinajstić information content (AvgIpc) is 3.15. The first kappa shape index (κ1) is 18.9. The summed E-state index contributed by atoms with van der Waals surface area (Å²) in [5.74, 6) is -0.129. The van der Waals surface area contributed by atoms with Gasteiger partial charge in [0.25, 0.3) is 5.91 Å². The molecule has 0 spiro atoms. The highest BCUT2D eigenvalue weighted by molar-refractivity contribution is 7.17. The van der Waals surface area contributed by atoms with Crippen LogP contribution < -0.4 is 5.32 Å². The zero-order valence-corrected chi connectivity index (χ0v) is 15.5. The fraction of sp³-hybridized carbons (Fsp3) is 0.389. The van der Waals surface area contributed by atoms with Gasteiger partial charge in [-0.15, -0.1) is 23.7 Å². The van der Waals surface area contributed by atoms with Crippen molar-refractivity contribution >= 4 is 29.7 Å². The third-order valence-corrected chi connectivity index (χ3v) is 5.59. The van der Waals surface area contributed by atoms with Crippen molar-refractivity contribution in [1.82, 2.24) is 10.2 Å². The molecule has 1 amide bonds. The second-order valence-electron chi connectivity index (χ2n) is 5.98. The molecule has 1 aromatic carbocycles. The van der Waals surface area contributed by atoms with Crippen molar-refractivity contribution in [3.05, 3.63) is 46.6 Å². The number of carbonyl (C=O) groups is 1. The normalized spacial score (nSPS) is 17.0. The Balaban J connectivity index is 0.00000208. The van der Waals surface area contributed by atoms with Gasteiger partial charge in [-0.3, -0.25) is 4.79 Å². The molecule has 2 heterocycles. The maximum atomic E-state index is 13.1. The fourth-order valence-corrected chi connectivity index (χ4v) is 4.30. The van der Waals surface area contributed by atoms with Crippen molar-refractivity contribution in [1.29, 1.82) is 0 Å². The van der Waals surface area contributed by atoms with Gasteiger partial charge in [-0.25, -0.2) is 4.39 Å². The first-order valence-electron chi connectivity index (χ1n) is 7.92. The van der Waals surface area contributed by atoms with Gasteiger partial charge in [-0.05, 0) is 56.1 Å². The van der Waals surface area contributed by atoms with Gasteiger partial charge in [0.05, 0.1) is 4.88 Å². The molecule has 1 aliphatic heterocycles. The number of nitrogens with one attached hydrogen (secondary N) is 1. The summed E-state index contributed by atoms with van der Waals surface area (Å²) in [6, 6.07) is 8.69. The maximum Gasteiger partial charge on any atom is 0.264 e. The molecule has 1 saturated heterocycles. The highest BCUT2D eigenvalue weighted by Gasteiger charge is 2.30. The molecule has 2 aromatic rings. The van der Waals surface area contributed by atoms with Crippen LogP contribution in [-0.4, -0.2) is 37.0 Å². The van der Waals surface area contributed by atoms with Crippen molar-refractivity contribution in [2.45, 2.75) is 25.8 Å². The molecule has 1 atom stereocenters. The molecule has 1 N–H and O–H groups in total. The van der Waals surface area contributed by atoms with Crippen LogP contribution in [0.2, 0.25) is 0 Å². The van der Waals surface area contributed by atoms with Crippen molar-refractivity contribution in [2.75, 3.05) is 20.1 Å². The van der Waals surface area contributed by atoms with Gasteiger partial charge in [-0.1, -0.05) is 12.1 Å². The maximum absolute atomic E-state index is 13.1. The van der Waals surface area contributed by atoms with E-state index in [1.54, 1.807) is 12.1 Å². The SMILES string of the molecule is CNCC1CCCN1C(=O)c1cc(C)c(-c2ccc(F)cc2)s1.Cl. The molecule has 0 radical (unpaired) electrons. The van der Waals surface area contributed by atoms with Crippen LogP contribution in [0.5, 0.6) is 0 Å². The van der Waals surface area contributed by atoms with Crippen LogP contribution >= 0.6 is 23.7 Å². The van der Waals surface area contributed by atoms with Crippen LogP contribution in [-0.2, 0) is 0 Å². The molecule has 1 aliphatic rings. The van der Waals surface area contributed by atoms with E-state index >= 15 is 0 Å². The highest BCUT2D eigenvalue weighted by Crippen LogP contribution is 2.34. The van der Waals surface area contributed by atoms with Crippen LogP contribution in [0.1, 0.15) is 28.1 Å². The number of carbonyl (C=O) groups excluding carboxylic acids is 1. The topological polar surface area (TPSA) is 32.3 Å². The van der Waals surface area contributed by atoms with Crippen molar-refractivity contribution in [3.8, 4) is 10.4 Å². The van der Waals surface area contributed by atoms with Gasteiger partial charge in [0.15, 0.2) is 0 Å². The molecule has 1 fully saturated rings. The lowest BCUT2D eigenvalue weighted by atomic mass is 10.1. The summed E-state index contributed by atoms with van der Waals surface area (Å²) < 4.78 is 13.1. The second-order valence-corrected chi connectivity index (χ2v) is 7.03. The molecular weight excluding hydrogens is 347 g/mol. The molecule has 24 heavy (non-hydrogen) atoms. The molecule has 0 saturated carbocycles. The first-order valence-corrected chi connectivity index (χ1v) is 8.73. The molecule has 130 valence electrons. The molecule has 0 bridgehead atoms. The van der Waals surface area contributed by atoms with E-state index in [9.17, 15) is 9.18 Å². The fourth-order valence-electron chi connectivity index (χ4n) is 3.17. The third-order valence-electron chi connectivity index (χ3n) is 4.31. The number of rotatable bonds is 4. The second kappa shape index (κ2) is 8.10. The van der Waals surface area contributed by atoms with E-state index in [1.807, 2.05) is 24.9 Å². The lowest BCUT2D eigenvalue weighted by Gasteiger charge is -2.23. The van der Waals surface area contributed by atoms with E-state index in [0.717, 1.165) is 46.8 Å². The third kappa shape index (κ3) is 3.79. The minimum absolute atomic E-state index is 0. The van der Waals surface area contributed by atoms with Gasteiger partial charge in [0.1, 0.15) is 5.82 Å². The number of likely N-dealkylation sites (tertiary alicyclic amines) is 1. The summed E-state index contributed by atoms with van der Waals surface area (Å²) in [5, 5.41) is 3.17. The minimum atomic E-state index is -0.244. The standard InChI is InChI=1S/C18H21FN2OS.ClH/c1-12-10-16(18(22)21-9-3-4-15(21)11-20-2)23-17(12)13-5-7-14(19)8-6-13;/h5-8,10,15,20H,3-4,9,11H2,1-2H3;1H. The van der Waals surface area contributed by atoms with Crippen molar-refractivity contribution in [3.63, 3.8) is 0 Å². The lowest BCUT2D eigenvalue weighted by Crippen LogP contribution is -2.40. The van der Waals surface area contributed by atoms with E-state index < -0.39 is 0 Å². The van der Waals surface area contributed by atoms with E-state index in [4.69, 9.17) is 0 Å². The highest BCUT2D eigenvalue weighted by atomic mass is 35.5. The lowest BCUT2D eigenvalue weighted by molar-refractivity contribution is 0.0742. The zero-order chi connectivity index (χ0) is 16.4. The monoisotopic (exact) mass is 368 g/mol. The predicted molar refractivity (Wildman–Crippen MR) is 99.7 cm³/mol. The van der Waals surface area contributed by atoms with Crippen molar-refractivity contribution in [2.24, 2.45) is 0 Å². The quantitative estimate of drug-likeness (QED) is 0.880. The number of likely N-dealkylation sites (N-methyl/N-ethyl adjacent to an activating group) is 1. The Kier molecular flexibility index (Phi) is 6.38. The molecule has 3 nitrogen and oxygen atoms in total. The predicted octanol–water partition coefficient (Wildman–Crippen LogP) is 4.11.